The first-order valence-electron chi connectivity index (χ1n) is 8.81. The number of anilines is 1. The minimum Gasteiger partial charge on any atom is -0.493 e. The van der Waals surface area contributed by atoms with Crippen LogP contribution in [0.3, 0.4) is 0 Å². The van der Waals surface area contributed by atoms with E-state index in [1.807, 2.05) is 12.1 Å². The van der Waals surface area contributed by atoms with E-state index in [9.17, 15) is 9.59 Å². The van der Waals surface area contributed by atoms with Crippen LogP contribution in [0.4, 0.5) is 5.69 Å². The molecule has 148 valence electrons. The van der Waals surface area contributed by atoms with E-state index < -0.39 is 12.1 Å². The second kappa shape index (κ2) is 7.63. The minimum absolute atomic E-state index is 0.0148. The maximum atomic E-state index is 12.5. The summed E-state index contributed by atoms with van der Waals surface area (Å²) in [7, 11) is 2.94. The molecule has 0 spiro atoms. The van der Waals surface area contributed by atoms with Gasteiger partial charge in [0.15, 0.2) is 11.5 Å². The van der Waals surface area contributed by atoms with Gasteiger partial charge < -0.3 is 19.5 Å². The van der Waals surface area contributed by atoms with Gasteiger partial charge in [-0.25, -0.2) is 14.5 Å². The predicted octanol–water partition coefficient (Wildman–Crippen LogP) is 2.52. The number of amides is 1. The molecule has 1 amide bonds. The van der Waals surface area contributed by atoms with Crippen LogP contribution in [0.15, 0.2) is 49.1 Å². The molecule has 4 rings (SSSR count). The molecule has 1 aliphatic rings. The van der Waals surface area contributed by atoms with Crippen molar-refractivity contribution >= 4 is 17.6 Å². The zero-order valence-corrected chi connectivity index (χ0v) is 15.8. The SMILES string of the molecule is COc1ccc2c(c1OC)C(=O)OC2CC(=O)Nc1ccc(-n2cncn2)cc1. The molecular formula is C20H18N4O5. The summed E-state index contributed by atoms with van der Waals surface area (Å²) in [5.41, 5.74) is 2.34. The van der Waals surface area contributed by atoms with Gasteiger partial charge in [0.2, 0.25) is 5.91 Å². The molecule has 0 radical (unpaired) electrons. The zero-order valence-electron chi connectivity index (χ0n) is 15.8. The van der Waals surface area contributed by atoms with Crippen molar-refractivity contribution in [3.63, 3.8) is 0 Å². The van der Waals surface area contributed by atoms with Gasteiger partial charge in [0.1, 0.15) is 24.3 Å². The summed E-state index contributed by atoms with van der Waals surface area (Å²) in [6.07, 6.45) is 2.33. The predicted molar refractivity (Wildman–Crippen MR) is 102 cm³/mol. The molecular weight excluding hydrogens is 376 g/mol. The van der Waals surface area contributed by atoms with Crippen molar-refractivity contribution in [2.45, 2.75) is 12.5 Å². The first kappa shape index (κ1) is 18.5. The number of rotatable bonds is 6. The molecule has 0 aliphatic carbocycles. The fraction of sp³-hybridized carbons (Fsp3) is 0.200. The third-order valence-electron chi connectivity index (χ3n) is 4.58. The lowest BCUT2D eigenvalue weighted by Gasteiger charge is -2.13. The van der Waals surface area contributed by atoms with Crippen molar-refractivity contribution in [3.8, 4) is 17.2 Å². The molecule has 2 aromatic carbocycles. The lowest BCUT2D eigenvalue weighted by molar-refractivity contribution is -0.118. The Morgan fingerprint density at radius 3 is 2.62 bits per heavy atom. The number of nitrogens with one attached hydrogen (secondary N) is 1. The molecule has 0 saturated carbocycles. The molecule has 1 aromatic heterocycles. The topological polar surface area (TPSA) is 105 Å². The average molecular weight is 394 g/mol. The summed E-state index contributed by atoms with van der Waals surface area (Å²) in [4.78, 5) is 28.7. The average Bonchev–Trinajstić information content (AvgIpc) is 3.37. The molecule has 9 heteroatoms. The third-order valence-corrected chi connectivity index (χ3v) is 4.58. The quantitative estimate of drug-likeness (QED) is 0.641. The Labute approximate surface area is 166 Å². The van der Waals surface area contributed by atoms with Crippen LogP contribution in [0.5, 0.6) is 11.5 Å². The zero-order chi connectivity index (χ0) is 20.4. The minimum atomic E-state index is -0.688. The number of carbonyl (C=O) groups excluding carboxylic acids is 2. The Hall–Kier alpha value is -3.88. The van der Waals surface area contributed by atoms with Gasteiger partial charge in [-0.05, 0) is 30.3 Å². The van der Waals surface area contributed by atoms with E-state index >= 15 is 0 Å². The van der Waals surface area contributed by atoms with Gasteiger partial charge in [-0.2, -0.15) is 5.10 Å². The highest BCUT2D eigenvalue weighted by molar-refractivity contribution is 5.99. The molecule has 1 unspecified atom stereocenters. The van der Waals surface area contributed by atoms with Crippen LogP contribution in [-0.4, -0.2) is 40.9 Å². The van der Waals surface area contributed by atoms with Gasteiger partial charge in [0.05, 0.1) is 26.3 Å². The summed E-state index contributed by atoms with van der Waals surface area (Å²) >= 11 is 0. The number of carbonyl (C=O) groups is 2. The normalized spacial score (nSPS) is 14.8. The molecule has 0 fully saturated rings. The number of hydrogen-bond acceptors (Lipinski definition) is 7. The van der Waals surface area contributed by atoms with Gasteiger partial charge in [0.25, 0.3) is 0 Å². The van der Waals surface area contributed by atoms with Crippen molar-refractivity contribution in [3.05, 3.63) is 60.2 Å². The van der Waals surface area contributed by atoms with E-state index in [0.29, 0.717) is 28.3 Å². The van der Waals surface area contributed by atoms with Crippen molar-refractivity contribution in [2.75, 3.05) is 19.5 Å². The molecule has 1 N–H and O–H groups in total. The molecule has 3 aromatic rings. The smallest absolute Gasteiger partial charge is 0.343 e. The van der Waals surface area contributed by atoms with Crippen LogP contribution in [0, 0.1) is 0 Å². The molecule has 29 heavy (non-hydrogen) atoms. The Morgan fingerprint density at radius 1 is 1.17 bits per heavy atom. The van der Waals surface area contributed by atoms with E-state index in [-0.39, 0.29) is 12.3 Å². The van der Waals surface area contributed by atoms with Crippen molar-refractivity contribution in [2.24, 2.45) is 0 Å². The summed E-state index contributed by atoms with van der Waals surface area (Å²) in [6.45, 7) is 0. The number of cyclic esters (lactones) is 1. The van der Waals surface area contributed by atoms with E-state index in [0.717, 1.165) is 5.69 Å². The fourth-order valence-corrected chi connectivity index (χ4v) is 3.24. The van der Waals surface area contributed by atoms with Crippen LogP contribution in [0.2, 0.25) is 0 Å². The molecule has 1 atom stereocenters. The van der Waals surface area contributed by atoms with Crippen LogP contribution < -0.4 is 14.8 Å². The Bertz CT molecular complexity index is 1050. The largest absolute Gasteiger partial charge is 0.493 e. The monoisotopic (exact) mass is 394 g/mol. The maximum Gasteiger partial charge on any atom is 0.343 e. The summed E-state index contributed by atoms with van der Waals surface area (Å²) in [6, 6.07) is 10.5. The molecule has 9 nitrogen and oxygen atoms in total. The van der Waals surface area contributed by atoms with E-state index in [1.165, 1.54) is 20.5 Å². The van der Waals surface area contributed by atoms with E-state index in [2.05, 4.69) is 15.4 Å². The van der Waals surface area contributed by atoms with Crippen molar-refractivity contribution in [1.29, 1.82) is 0 Å². The molecule has 2 heterocycles. The highest BCUT2D eigenvalue weighted by atomic mass is 16.6. The number of nitrogens with zero attached hydrogens (tertiary/aromatic N) is 3. The number of aromatic nitrogens is 3. The van der Waals surface area contributed by atoms with Crippen molar-refractivity contribution < 1.29 is 23.8 Å². The summed E-state index contributed by atoms with van der Waals surface area (Å²) < 4.78 is 17.5. The number of benzene rings is 2. The first-order chi connectivity index (χ1) is 14.1. The fourth-order valence-electron chi connectivity index (χ4n) is 3.24. The van der Waals surface area contributed by atoms with Crippen LogP contribution in [-0.2, 0) is 9.53 Å². The van der Waals surface area contributed by atoms with Crippen LogP contribution in [0.25, 0.3) is 5.69 Å². The third kappa shape index (κ3) is 3.49. The van der Waals surface area contributed by atoms with E-state index in [4.69, 9.17) is 14.2 Å². The summed E-state index contributed by atoms with van der Waals surface area (Å²) in [5.74, 6) is -0.0768. The highest BCUT2D eigenvalue weighted by Gasteiger charge is 2.36. The number of methoxy groups -OCH3 is 2. The van der Waals surface area contributed by atoms with E-state index in [1.54, 1.807) is 35.3 Å². The van der Waals surface area contributed by atoms with Crippen molar-refractivity contribution in [1.82, 2.24) is 14.8 Å². The number of ether oxygens (including phenoxy) is 3. The highest BCUT2D eigenvalue weighted by Crippen LogP contribution is 2.43. The lowest BCUT2D eigenvalue weighted by atomic mass is 10.0. The van der Waals surface area contributed by atoms with Crippen LogP contribution >= 0.6 is 0 Å². The first-order valence-corrected chi connectivity index (χ1v) is 8.81. The molecule has 0 saturated heterocycles. The van der Waals surface area contributed by atoms with Gasteiger partial charge in [-0.1, -0.05) is 6.07 Å². The number of hydrogen-bond donors (Lipinski definition) is 1. The Balaban J connectivity index is 1.47. The standard InChI is InChI=1S/C20H18N4O5/c1-27-15-8-7-14-16(29-20(26)18(14)19(15)28-2)9-17(25)23-12-3-5-13(6-4-12)24-11-21-10-22-24/h3-8,10-11,16H,9H2,1-2H3,(H,23,25). The Kier molecular flexibility index (Phi) is 4.86. The molecule has 0 bridgehead atoms. The summed E-state index contributed by atoms with van der Waals surface area (Å²) in [5, 5.41) is 6.86. The molecule has 1 aliphatic heterocycles. The Morgan fingerprint density at radius 2 is 1.97 bits per heavy atom. The van der Waals surface area contributed by atoms with Gasteiger partial charge in [0, 0.05) is 11.3 Å². The number of esters is 1. The maximum absolute atomic E-state index is 12.5. The number of fused-ring (bicyclic) bond motifs is 1. The van der Waals surface area contributed by atoms with Gasteiger partial charge in [-0.15, -0.1) is 0 Å². The second-order valence-electron chi connectivity index (χ2n) is 6.30. The van der Waals surface area contributed by atoms with Crippen LogP contribution in [0.1, 0.15) is 28.4 Å². The van der Waals surface area contributed by atoms with Gasteiger partial charge >= 0.3 is 5.97 Å². The lowest BCUT2D eigenvalue weighted by Crippen LogP contribution is -2.15. The second-order valence-corrected chi connectivity index (χ2v) is 6.30. The van der Waals surface area contributed by atoms with Gasteiger partial charge in [-0.3, -0.25) is 4.79 Å².